The van der Waals surface area contributed by atoms with Crippen LogP contribution in [-0.2, 0) is 13.0 Å². The molecule has 3 aromatic heterocycles. The first-order valence-corrected chi connectivity index (χ1v) is 8.76. The van der Waals surface area contributed by atoms with Crippen molar-refractivity contribution in [1.82, 2.24) is 29.9 Å². The normalized spacial score (nSPS) is 10.9. The van der Waals surface area contributed by atoms with Crippen molar-refractivity contribution in [3.8, 4) is 22.6 Å². The highest BCUT2D eigenvalue weighted by Gasteiger charge is 2.11. The van der Waals surface area contributed by atoms with E-state index in [4.69, 9.17) is 5.73 Å². The third-order valence-corrected chi connectivity index (χ3v) is 4.16. The SMILES string of the molecule is CCc1cccc(Cn2cc(-c3cc(-c4ccccc4)nc(N)n3)nn2)n1. The summed E-state index contributed by atoms with van der Waals surface area (Å²) in [4.78, 5) is 13.2. The van der Waals surface area contributed by atoms with Gasteiger partial charge in [-0.3, -0.25) is 4.98 Å². The lowest BCUT2D eigenvalue weighted by Crippen LogP contribution is -2.03. The number of aryl methyl sites for hydroxylation is 1. The molecule has 7 nitrogen and oxygen atoms in total. The highest BCUT2D eigenvalue weighted by molar-refractivity contribution is 5.66. The number of pyridine rings is 1. The van der Waals surface area contributed by atoms with Crippen LogP contribution in [0.4, 0.5) is 5.95 Å². The van der Waals surface area contributed by atoms with Crippen LogP contribution in [-0.4, -0.2) is 29.9 Å². The Balaban J connectivity index is 1.62. The second-order valence-electron chi connectivity index (χ2n) is 6.14. The number of aromatic nitrogens is 6. The van der Waals surface area contributed by atoms with Crippen LogP contribution in [0.2, 0.25) is 0 Å². The van der Waals surface area contributed by atoms with Crippen molar-refractivity contribution in [2.24, 2.45) is 0 Å². The summed E-state index contributed by atoms with van der Waals surface area (Å²) in [7, 11) is 0. The summed E-state index contributed by atoms with van der Waals surface area (Å²) in [5.41, 5.74) is 10.9. The number of hydrogen-bond donors (Lipinski definition) is 1. The Kier molecular flexibility index (Phi) is 4.57. The molecule has 0 atom stereocenters. The van der Waals surface area contributed by atoms with Gasteiger partial charge in [-0.05, 0) is 24.6 Å². The number of hydrogen-bond acceptors (Lipinski definition) is 6. The Morgan fingerprint density at radius 1 is 0.852 bits per heavy atom. The number of benzene rings is 1. The summed E-state index contributed by atoms with van der Waals surface area (Å²) in [6, 6.07) is 17.7. The van der Waals surface area contributed by atoms with Gasteiger partial charge in [0.2, 0.25) is 5.95 Å². The second-order valence-corrected chi connectivity index (χ2v) is 6.14. The molecule has 2 N–H and O–H groups in total. The first kappa shape index (κ1) is 16.8. The largest absolute Gasteiger partial charge is 0.368 e. The minimum absolute atomic E-state index is 0.207. The Hall–Kier alpha value is -3.61. The van der Waals surface area contributed by atoms with Crippen LogP contribution in [0.5, 0.6) is 0 Å². The Bertz CT molecular complexity index is 1060. The van der Waals surface area contributed by atoms with Gasteiger partial charge in [0.15, 0.2) is 0 Å². The lowest BCUT2D eigenvalue weighted by atomic mass is 10.1. The molecule has 1 aromatic carbocycles. The van der Waals surface area contributed by atoms with Gasteiger partial charge in [0.1, 0.15) is 5.69 Å². The van der Waals surface area contributed by atoms with E-state index in [1.54, 1.807) is 4.68 Å². The number of nitrogen functional groups attached to an aromatic ring is 1. The van der Waals surface area contributed by atoms with Crippen LogP contribution in [0.3, 0.4) is 0 Å². The maximum absolute atomic E-state index is 5.91. The third kappa shape index (κ3) is 3.82. The first-order valence-electron chi connectivity index (χ1n) is 8.76. The Morgan fingerprint density at radius 2 is 1.63 bits per heavy atom. The average molecular weight is 357 g/mol. The molecule has 7 heteroatoms. The van der Waals surface area contributed by atoms with E-state index in [0.29, 0.717) is 17.9 Å². The van der Waals surface area contributed by atoms with Crippen molar-refractivity contribution in [1.29, 1.82) is 0 Å². The summed E-state index contributed by atoms with van der Waals surface area (Å²) >= 11 is 0. The van der Waals surface area contributed by atoms with Crippen molar-refractivity contribution in [2.75, 3.05) is 5.73 Å². The van der Waals surface area contributed by atoms with Crippen molar-refractivity contribution in [3.05, 3.63) is 72.2 Å². The fourth-order valence-electron chi connectivity index (χ4n) is 2.83. The van der Waals surface area contributed by atoms with E-state index < -0.39 is 0 Å². The number of nitrogens with zero attached hydrogens (tertiary/aromatic N) is 6. The summed E-state index contributed by atoms with van der Waals surface area (Å²) < 4.78 is 1.75. The maximum Gasteiger partial charge on any atom is 0.221 e. The van der Waals surface area contributed by atoms with Gasteiger partial charge >= 0.3 is 0 Å². The van der Waals surface area contributed by atoms with Gasteiger partial charge < -0.3 is 5.73 Å². The molecule has 0 aliphatic heterocycles. The van der Waals surface area contributed by atoms with E-state index in [1.165, 1.54) is 0 Å². The summed E-state index contributed by atoms with van der Waals surface area (Å²) in [5, 5.41) is 8.44. The smallest absolute Gasteiger partial charge is 0.221 e. The van der Waals surface area contributed by atoms with Crippen molar-refractivity contribution < 1.29 is 0 Å². The molecule has 0 spiro atoms. The number of anilines is 1. The zero-order valence-electron chi connectivity index (χ0n) is 14.9. The van der Waals surface area contributed by atoms with Gasteiger partial charge in [-0.1, -0.05) is 48.5 Å². The molecule has 0 saturated heterocycles. The molecule has 134 valence electrons. The Morgan fingerprint density at radius 3 is 2.44 bits per heavy atom. The molecule has 27 heavy (non-hydrogen) atoms. The van der Waals surface area contributed by atoms with Crippen LogP contribution < -0.4 is 5.73 Å². The summed E-state index contributed by atoms with van der Waals surface area (Å²) in [5.74, 6) is 0.207. The topological polar surface area (TPSA) is 95.4 Å². The van der Waals surface area contributed by atoms with Gasteiger partial charge in [-0.2, -0.15) is 0 Å². The maximum atomic E-state index is 5.91. The molecule has 0 aliphatic rings. The summed E-state index contributed by atoms with van der Waals surface area (Å²) in [6.07, 6.45) is 2.75. The predicted molar refractivity (Wildman–Crippen MR) is 104 cm³/mol. The van der Waals surface area contributed by atoms with E-state index in [-0.39, 0.29) is 5.95 Å². The predicted octanol–water partition coefficient (Wildman–Crippen LogP) is 2.99. The van der Waals surface area contributed by atoms with Gasteiger partial charge in [0.05, 0.1) is 29.8 Å². The monoisotopic (exact) mass is 357 g/mol. The molecular formula is C20H19N7. The molecule has 0 radical (unpaired) electrons. The number of nitrogens with two attached hydrogens (primary N) is 1. The van der Waals surface area contributed by atoms with Crippen molar-refractivity contribution in [2.45, 2.75) is 19.9 Å². The van der Waals surface area contributed by atoms with Crippen LogP contribution in [0.15, 0.2) is 60.8 Å². The first-order chi connectivity index (χ1) is 13.2. The molecule has 0 amide bonds. The molecular weight excluding hydrogens is 338 g/mol. The molecule has 4 rings (SSSR count). The van der Waals surface area contributed by atoms with E-state index >= 15 is 0 Å². The molecule has 4 aromatic rings. The molecule has 0 fully saturated rings. The highest BCUT2D eigenvalue weighted by atomic mass is 15.4. The van der Waals surface area contributed by atoms with Gasteiger partial charge in [-0.25, -0.2) is 14.6 Å². The number of rotatable bonds is 5. The molecule has 0 saturated carbocycles. The molecule has 0 bridgehead atoms. The minimum atomic E-state index is 0.207. The van der Waals surface area contributed by atoms with Crippen LogP contribution >= 0.6 is 0 Å². The minimum Gasteiger partial charge on any atom is -0.368 e. The lowest BCUT2D eigenvalue weighted by molar-refractivity contribution is 0.636. The van der Waals surface area contributed by atoms with Crippen molar-refractivity contribution in [3.63, 3.8) is 0 Å². The standard InChI is InChI=1S/C20H19N7/c1-2-15-9-6-10-16(22-15)12-27-13-19(25-26-27)18-11-17(23-20(21)24-18)14-7-4-3-5-8-14/h3-11,13H,2,12H2,1H3,(H2,21,23,24). The van der Waals surface area contributed by atoms with Crippen LogP contribution in [0, 0.1) is 0 Å². The zero-order chi connectivity index (χ0) is 18.6. The van der Waals surface area contributed by atoms with Gasteiger partial charge in [0, 0.05) is 11.3 Å². The quantitative estimate of drug-likeness (QED) is 0.590. The molecule has 0 aliphatic carbocycles. The van der Waals surface area contributed by atoms with Crippen LogP contribution in [0.1, 0.15) is 18.3 Å². The van der Waals surface area contributed by atoms with E-state index in [9.17, 15) is 0 Å². The Labute approximate surface area is 156 Å². The molecule has 0 unspecified atom stereocenters. The fourth-order valence-corrected chi connectivity index (χ4v) is 2.83. The van der Waals surface area contributed by atoms with E-state index in [2.05, 4.69) is 32.2 Å². The van der Waals surface area contributed by atoms with E-state index in [0.717, 1.165) is 29.1 Å². The third-order valence-electron chi connectivity index (χ3n) is 4.16. The second kappa shape index (κ2) is 7.33. The average Bonchev–Trinajstić information content (AvgIpc) is 3.17. The fraction of sp³-hybridized carbons (Fsp3) is 0.150. The van der Waals surface area contributed by atoms with Gasteiger partial charge in [-0.15, -0.1) is 5.10 Å². The zero-order valence-corrected chi connectivity index (χ0v) is 14.9. The summed E-state index contributed by atoms with van der Waals surface area (Å²) in [6.45, 7) is 2.64. The van der Waals surface area contributed by atoms with Crippen LogP contribution in [0.25, 0.3) is 22.6 Å². The molecule has 3 heterocycles. The van der Waals surface area contributed by atoms with Crippen molar-refractivity contribution >= 4 is 5.95 Å². The van der Waals surface area contributed by atoms with Gasteiger partial charge in [0.25, 0.3) is 0 Å². The van der Waals surface area contributed by atoms with E-state index in [1.807, 2.05) is 60.8 Å². The highest BCUT2D eigenvalue weighted by Crippen LogP contribution is 2.23. The lowest BCUT2D eigenvalue weighted by Gasteiger charge is -2.04.